The Labute approximate surface area is 194 Å². The van der Waals surface area contributed by atoms with Gasteiger partial charge in [0.15, 0.2) is 5.78 Å². The second-order valence-corrected chi connectivity index (χ2v) is 12.5. The molecule has 0 spiro atoms. The molecule has 4 heteroatoms. The largest absolute Gasteiger partial charge is 0.393 e. The van der Waals surface area contributed by atoms with Crippen molar-refractivity contribution in [1.82, 2.24) is 0 Å². The van der Waals surface area contributed by atoms with Gasteiger partial charge in [0.2, 0.25) is 0 Å². The van der Waals surface area contributed by atoms with Crippen LogP contribution >= 0.6 is 0 Å². The molecule has 0 bridgehead atoms. The van der Waals surface area contributed by atoms with Crippen LogP contribution in [0.5, 0.6) is 0 Å². The lowest BCUT2D eigenvalue weighted by Gasteiger charge is -2.63. The number of rotatable bonds is 4. The van der Waals surface area contributed by atoms with Gasteiger partial charge in [-0.2, -0.15) is 0 Å². The highest BCUT2D eigenvalue weighted by Crippen LogP contribution is 2.68. The molecule has 0 aliphatic heterocycles. The number of allylic oxidation sites excluding steroid dienone is 2. The van der Waals surface area contributed by atoms with Crippen molar-refractivity contribution in [2.24, 2.45) is 40.4 Å². The molecular weight excluding hydrogens is 400 g/mol. The van der Waals surface area contributed by atoms with Crippen molar-refractivity contribution < 1.29 is 20.1 Å². The molecule has 0 saturated heterocycles. The third-order valence-corrected chi connectivity index (χ3v) is 10.7. The van der Waals surface area contributed by atoms with Crippen LogP contribution < -0.4 is 0 Å². The summed E-state index contributed by atoms with van der Waals surface area (Å²) in [5.41, 5.74) is -2.90. The van der Waals surface area contributed by atoms with Crippen molar-refractivity contribution in [3.63, 3.8) is 0 Å². The Kier molecular flexibility index (Phi) is 5.88. The molecule has 32 heavy (non-hydrogen) atoms. The summed E-state index contributed by atoms with van der Waals surface area (Å²) in [7, 11) is 0. The topological polar surface area (TPSA) is 77.8 Å². The molecule has 4 aliphatic carbocycles. The van der Waals surface area contributed by atoms with E-state index in [1.54, 1.807) is 6.08 Å². The van der Waals surface area contributed by atoms with E-state index in [0.29, 0.717) is 42.9 Å². The fraction of sp³-hybridized carbons (Fsp3) is 0.821. The summed E-state index contributed by atoms with van der Waals surface area (Å²) in [6, 6.07) is 0. The maximum Gasteiger partial charge on any atom is 0.188 e. The van der Waals surface area contributed by atoms with Gasteiger partial charge in [-0.1, -0.05) is 53.7 Å². The molecule has 0 amide bonds. The van der Waals surface area contributed by atoms with Crippen LogP contribution in [0.1, 0.15) is 86.5 Å². The van der Waals surface area contributed by atoms with Crippen LogP contribution in [-0.4, -0.2) is 38.4 Å². The van der Waals surface area contributed by atoms with Crippen LogP contribution in [0.3, 0.4) is 0 Å². The second kappa shape index (κ2) is 7.78. The van der Waals surface area contributed by atoms with Gasteiger partial charge in [0.25, 0.3) is 0 Å². The van der Waals surface area contributed by atoms with Crippen LogP contribution in [0, 0.1) is 40.4 Å². The number of aliphatic hydroxyl groups excluding tert-OH is 1. The maximum absolute atomic E-state index is 13.3. The Balaban J connectivity index is 1.67. The number of ketones is 1. The number of aliphatic hydroxyl groups is 3. The molecule has 0 aromatic rings. The third kappa shape index (κ3) is 3.15. The lowest BCUT2D eigenvalue weighted by molar-refractivity contribution is -0.223. The quantitative estimate of drug-likeness (QED) is 0.543. The minimum atomic E-state index is -1.68. The molecule has 180 valence electrons. The molecule has 4 aliphatic rings. The number of fused-ring (bicyclic) bond motifs is 5. The summed E-state index contributed by atoms with van der Waals surface area (Å²) in [4.78, 5) is 13.3. The number of carbonyl (C=O) groups excluding carboxylic acids is 1. The average Bonchev–Trinajstić information content (AvgIpc) is 3.07. The number of hydrogen-bond acceptors (Lipinski definition) is 4. The fourth-order valence-corrected chi connectivity index (χ4v) is 7.91. The van der Waals surface area contributed by atoms with Crippen LogP contribution in [0.4, 0.5) is 0 Å². The third-order valence-electron chi connectivity index (χ3n) is 10.7. The minimum Gasteiger partial charge on any atom is -0.393 e. The first-order chi connectivity index (χ1) is 14.8. The van der Waals surface area contributed by atoms with Gasteiger partial charge < -0.3 is 15.3 Å². The van der Waals surface area contributed by atoms with E-state index in [0.717, 1.165) is 24.8 Å². The van der Waals surface area contributed by atoms with Gasteiger partial charge in [-0.15, -0.1) is 0 Å². The molecule has 4 nitrogen and oxygen atoms in total. The number of carbonyl (C=O) groups is 1. The zero-order chi connectivity index (χ0) is 23.7. The lowest BCUT2D eigenvalue weighted by atomic mass is 9.43. The summed E-state index contributed by atoms with van der Waals surface area (Å²) >= 11 is 0. The summed E-state index contributed by atoms with van der Waals surface area (Å²) < 4.78 is 0. The Morgan fingerprint density at radius 3 is 2.31 bits per heavy atom. The SMILES string of the molecule is CC(C)[C@@H](C)/C=C/[C@@H](C)[C@H]1CC[C@H]2C3=CC(=O)[C@]4(O)C[C@@H](O)CC[C@]4(C)[C@@]3(O)CC[C@]12C. The summed E-state index contributed by atoms with van der Waals surface area (Å²) in [5, 5.41) is 33.9. The smallest absolute Gasteiger partial charge is 0.188 e. The Morgan fingerprint density at radius 2 is 1.66 bits per heavy atom. The second-order valence-electron chi connectivity index (χ2n) is 12.5. The average molecular weight is 445 g/mol. The molecule has 4 rings (SSSR count). The van der Waals surface area contributed by atoms with E-state index < -0.39 is 22.7 Å². The Morgan fingerprint density at radius 1 is 0.969 bits per heavy atom. The first-order valence-corrected chi connectivity index (χ1v) is 12.9. The van der Waals surface area contributed by atoms with Gasteiger partial charge >= 0.3 is 0 Å². The molecule has 0 aromatic carbocycles. The van der Waals surface area contributed by atoms with E-state index in [-0.39, 0.29) is 23.5 Å². The van der Waals surface area contributed by atoms with Crippen molar-refractivity contribution in [2.45, 2.75) is 104 Å². The van der Waals surface area contributed by atoms with Crippen molar-refractivity contribution in [1.29, 1.82) is 0 Å². The predicted molar refractivity (Wildman–Crippen MR) is 127 cm³/mol. The number of hydrogen-bond donors (Lipinski definition) is 3. The first-order valence-electron chi connectivity index (χ1n) is 12.9. The first kappa shape index (κ1) is 24.2. The maximum atomic E-state index is 13.3. The normalized spacial score (nSPS) is 48.2. The molecule has 9 atom stereocenters. The minimum absolute atomic E-state index is 0.0227. The fourth-order valence-electron chi connectivity index (χ4n) is 7.91. The van der Waals surface area contributed by atoms with Crippen LogP contribution in [0.25, 0.3) is 0 Å². The van der Waals surface area contributed by atoms with Gasteiger partial charge in [0.05, 0.1) is 11.7 Å². The standard InChI is InChI=1S/C28H44O4/c1-17(2)18(3)7-8-19(4)21-9-10-22-23-15-24(30)28(32)16-20(29)11-12-26(28,6)27(23,31)14-13-25(21,22)5/h7-8,15,17-22,29,31-32H,9-14,16H2,1-6H3/b8-7+/t18-,19+,20-,21+,22-,25+,26+,27+,28+/m0/s1. The molecule has 3 N–H and O–H groups in total. The van der Waals surface area contributed by atoms with Crippen LogP contribution in [-0.2, 0) is 4.79 Å². The van der Waals surface area contributed by atoms with Gasteiger partial charge in [-0.05, 0) is 85.2 Å². The van der Waals surface area contributed by atoms with E-state index in [1.807, 2.05) is 6.92 Å². The predicted octanol–water partition coefficient (Wildman–Crippen LogP) is 4.82. The molecule has 0 aromatic heterocycles. The highest BCUT2D eigenvalue weighted by Gasteiger charge is 2.71. The molecule has 0 radical (unpaired) electrons. The Hall–Kier alpha value is -0.970. The summed E-state index contributed by atoms with van der Waals surface area (Å²) in [5.74, 6) is 2.01. The highest BCUT2D eigenvalue weighted by atomic mass is 16.3. The zero-order valence-corrected chi connectivity index (χ0v) is 20.9. The molecule has 0 unspecified atom stereocenters. The van der Waals surface area contributed by atoms with E-state index in [9.17, 15) is 20.1 Å². The van der Waals surface area contributed by atoms with Crippen molar-refractivity contribution in [3.05, 3.63) is 23.8 Å². The zero-order valence-electron chi connectivity index (χ0n) is 20.9. The van der Waals surface area contributed by atoms with Gasteiger partial charge in [0.1, 0.15) is 5.60 Å². The molecule has 3 fully saturated rings. The lowest BCUT2D eigenvalue weighted by Crippen LogP contribution is -2.71. The molecular formula is C28H44O4. The van der Waals surface area contributed by atoms with E-state index in [1.165, 1.54) is 0 Å². The van der Waals surface area contributed by atoms with E-state index in [4.69, 9.17) is 0 Å². The van der Waals surface area contributed by atoms with Gasteiger partial charge in [-0.25, -0.2) is 0 Å². The van der Waals surface area contributed by atoms with Crippen LogP contribution in [0.15, 0.2) is 23.8 Å². The van der Waals surface area contributed by atoms with E-state index in [2.05, 4.69) is 46.8 Å². The Bertz CT molecular complexity index is 829. The van der Waals surface area contributed by atoms with Crippen molar-refractivity contribution in [2.75, 3.05) is 0 Å². The molecule has 3 saturated carbocycles. The molecule has 0 heterocycles. The summed E-state index contributed by atoms with van der Waals surface area (Å²) in [6.07, 6.45) is 10.2. The van der Waals surface area contributed by atoms with Gasteiger partial charge in [-0.3, -0.25) is 4.79 Å². The van der Waals surface area contributed by atoms with Gasteiger partial charge in [0, 0.05) is 11.8 Å². The van der Waals surface area contributed by atoms with Crippen molar-refractivity contribution >= 4 is 5.78 Å². The highest BCUT2D eigenvalue weighted by molar-refractivity contribution is 6.00. The van der Waals surface area contributed by atoms with E-state index >= 15 is 0 Å². The summed E-state index contributed by atoms with van der Waals surface area (Å²) in [6.45, 7) is 13.4. The monoisotopic (exact) mass is 444 g/mol. The van der Waals surface area contributed by atoms with Crippen molar-refractivity contribution in [3.8, 4) is 0 Å². The van der Waals surface area contributed by atoms with Crippen LogP contribution in [0.2, 0.25) is 0 Å².